The van der Waals surface area contributed by atoms with Gasteiger partial charge in [-0.2, -0.15) is 0 Å². The van der Waals surface area contributed by atoms with E-state index in [9.17, 15) is 43.2 Å². The Balaban J connectivity index is 5.52. The van der Waals surface area contributed by atoms with Gasteiger partial charge in [0.2, 0.25) is 0 Å². The summed E-state index contributed by atoms with van der Waals surface area (Å²) in [6.07, 6.45) is 81.4. The van der Waals surface area contributed by atoms with Gasteiger partial charge in [0.25, 0.3) is 0 Å². The smallest absolute Gasteiger partial charge is 0.462 e. The fourth-order valence-electron chi connectivity index (χ4n) is 8.73. The molecule has 0 rings (SSSR count). The molecule has 5 atom stereocenters. The van der Waals surface area contributed by atoms with Crippen LogP contribution in [-0.2, 0) is 65.4 Å². The second-order valence-electron chi connectivity index (χ2n) is 23.4. The van der Waals surface area contributed by atoms with Gasteiger partial charge in [0, 0.05) is 12.8 Å². The highest BCUT2D eigenvalue weighted by Gasteiger charge is 2.30. The van der Waals surface area contributed by atoms with Crippen LogP contribution in [0.4, 0.5) is 0 Å². The Labute approximate surface area is 591 Å². The van der Waals surface area contributed by atoms with E-state index < -0.39 is 97.5 Å². The van der Waals surface area contributed by atoms with Gasteiger partial charge in [-0.15, -0.1) is 0 Å². The number of unbranched alkanes of at least 4 members (excludes halogenated alkanes) is 14. The van der Waals surface area contributed by atoms with E-state index in [1.54, 1.807) is 24.3 Å². The van der Waals surface area contributed by atoms with Crippen LogP contribution in [0.2, 0.25) is 0 Å². The van der Waals surface area contributed by atoms with Gasteiger partial charge in [-0.1, -0.05) is 256 Å². The van der Waals surface area contributed by atoms with E-state index in [2.05, 4.69) is 149 Å². The molecule has 3 N–H and O–H groups in total. The topological polar surface area (TPSA) is 237 Å². The monoisotopic (exact) mass is 1410 g/mol. The summed E-state index contributed by atoms with van der Waals surface area (Å²) in [5.74, 6) is -2.52. The Kier molecular flexibility index (Phi) is 65.9. The summed E-state index contributed by atoms with van der Waals surface area (Å²) < 4.78 is 68.0. The molecule has 0 aromatic heterocycles. The van der Waals surface area contributed by atoms with E-state index in [4.69, 9.17) is 37.0 Å². The van der Waals surface area contributed by atoms with Gasteiger partial charge in [-0.05, 0) is 135 Å². The first-order valence-electron chi connectivity index (χ1n) is 36.4. The van der Waals surface area contributed by atoms with Crippen molar-refractivity contribution in [3.05, 3.63) is 170 Å². The molecule has 0 radical (unpaired) electrons. The zero-order chi connectivity index (χ0) is 71.8. The number of phosphoric ester groups is 2. The number of hydrogen-bond donors (Lipinski definition) is 3. The molecular formula is C79H126O17P2. The average Bonchev–Trinajstić information content (AvgIpc) is 1.04. The molecule has 0 aromatic carbocycles. The molecule has 98 heavy (non-hydrogen) atoms. The van der Waals surface area contributed by atoms with Crippen LogP contribution in [0.1, 0.15) is 246 Å². The summed E-state index contributed by atoms with van der Waals surface area (Å²) in [6.45, 7) is 4.24. The first-order valence-corrected chi connectivity index (χ1v) is 39.4. The van der Waals surface area contributed by atoms with Gasteiger partial charge in [-0.25, -0.2) is 9.13 Å². The van der Waals surface area contributed by atoms with Gasteiger partial charge in [-0.3, -0.25) is 37.3 Å². The summed E-state index contributed by atoms with van der Waals surface area (Å²) in [5.41, 5.74) is 0. The lowest BCUT2D eigenvalue weighted by atomic mass is 10.1. The molecule has 0 heterocycles. The lowest BCUT2D eigenvalue weighted by molar-refractivity contribution is -0.161. The van der Waals surface area contributed by atoms with Crippen molar-refractivity contribution in [1.82, 2.24) is 0 Å². The fraction of sp³-hybridized carbons (Fsp3) is 0.595. The minimum absolute atomic E-state index is 0.0653. The Bertz CT molecular complexity index is 2530. The van der Waals surface area contributed by atoms with Crippen LogP contribution >= 0.6 is 15.6 Å². The molecule has 19 heteroatoms. The summed E-state index contributed by atoms with van der Waals surface area (Å²) >= 11 is 0. The molecule has 554 valence electrons. The minimum atomic E-state index is -5.02. The second-order valence-corrected chi connectivity index (χ2v) is 26.3. The summed E-state index contributed by atoms with van der Waals surface area (Å²) in [5, 5.41) is 10.6. The van der Waals surface area contributed by atoms with Crippen LogP contribution < -0.4 is 0 Å². The van der Waals surface area contributed by atoms with Crippen molar-refractivity contribution in [1.29, 1.82) is 0 Å². The first-order chi connectivity index (χ1) is 47.7. The zero-order valence-corrected chi connectivity index (χ0v) is 61.9. The Morgan fingerprint density at radius 3 is 0.990 bits per heavy atom. The van der Waals surface area contributed by atoms with Crippen LogP contribution in [0.25, 0.3) is 0 Å². The van der Waals surface area contributed by atoms with Crippen LogP contribution in [0.3, 0.4) is 0 Å². The van der Waals surface area contributed by atoms with Crippen LogP contribution in [-0.4, -0.2) is 96.7 Å². The maximum Gasteiger partial charge on any atom is 0.472 e. The maximum absolute atomic E-state index is 13.1. The third-order valence-corrected chi connectivity index (χ3v) is 16.1. The fourth-order valence-corrected chi connectivity index (χ4v) is 10.3. The molecule has 17 nitrogen and oxygen atoms in total. The van der Waals surface area contributed by atoms with E-state index in [1.165, 1.54) is 19.3 Å². The molecule has 0 aliphatic heterocycles. The molecular weight excluding hydrogens is 1280 g/mol. The zero-order valence-electron chi connectivity index (χ0n) is 60.1. The van der Waals surface area contributed by atoms with Gasteiger partial charge >= 0.3 is 39.5 Å². The predicted molar refractivity (Wildman–Crippen MR) is 399 cm³/mol. The SMILES string of the molecule is CC/C=C\C/C=C\C/C=C\C/C=C\C/C=C\CC(=O)OCC(COP(=O)(O)OCC(O)COP(=O)(O)OCC(COC(=O)CCCCCCC/C=C\C/C=C\CCCCC)OC(=O)CCCCCCC/C=C\C/C=C\CCC)OC(=O)C/C=C\C/C=C\C/C=C\C/C=C\C/C=C\CC. The second kappa shape index (κ2) is 69.9. The lowest BCUT2D eigenvalue weighted by Crippen LogP contribution is -2.30. The van der Waals surface area contributed by atoms with Crippen molar-refractivity contribution in [2.75, 3.05) is 39.6 Å². The molecule has 0 spiro atoms. The molecule has 0 aromatic rings. The third-order valence-electron chi connectivity index (χ3n) is 14.2. The van der Waals surface area contributed by atoms with E-state index >= 15 is 0 Å². The summed E-state index contributed by atoms with van der Waals surface area (Å²) in [4.78, 5) is 72.6. The number of phosphoric acid groups is 2. The quantitative estimate of drug-likeness (QED) is 0.0169. The Morgan fingerprint density at radius 1 is 0.306 bits per heavy atom. The van der Waals surface area contributed by atoms with Gasteiger partial charge in [0.05, 0.1) is 39.3 Å². The van der Waals surface area contributed by atoms with E-state index in [0.717, 1.165) is 148 Å². The maximum atomic E-state index is 13.1. The van der Waals surface area contributed by atoms with E-state index in [-0.39, 0.29) is 25.7 Å². The van der Waals surface area contributed by atoms with Crippen molar-refractivity contribution >= 4 is 39.5 Å². The third kappa shape index (κ3) is 68.9. The summed E-state index contributed by atoms with van der Waals surface area (Å²) in [7, 11) is -10.0. The number of aliphatic hydroxyl groups excluding tert-OH is 1. The van der Waals surface area contributed by atoms with E-state index in [0.29, 0.717) is 25.7 Å². The highest BCUT2D eigenvalue weighted by atomic mass is 31.2. The number of rotatable bonds is 66. The largest absolute Gasteiger partial charge is 0.472 e. The van der Waals surface area contributed by atoms with Crippen molar-refractivity contribution in [2.45, 2.75) is 264 Å². The highest BCUT2D eigenvalue weighted by molar-refractivity contribution is 7.47. The van der Waals surface area contributed by atoms with Gasteiger partial charge < -0.3 is 33.8 Å². The first kappa shape index (κ1) is 92.4. The predicted octanol–water partition coefficient (Wildman–Crippen LogP) is 20.7. The van der Waals surface area contributed by atoms with Gasteiger partial charge in [0.15, 0.2) is 12.2 Å². The van der Waals surface area contributed by atoms with Crippen molar-refractivity contribution in [2.24, 2.45) is 0 Å². The number of carbonyl (C=O) groups excluding carboxylic acids is 4. The number of hydrogen-bond acceptors (Lipinski definition) is 15. The molecule has 0 aliphatic carbocycles. The van der Waals surface area contributed by atoms with Crippen LogP contribution in [0, 0.1) is 0 Å². The molecule has 0 fully saturated rings. The number of carbonyl (C=O) groups is 4. The Hall–Kier alpha value is -5.58. The number of ether oxygens (including phenoxy) is 4. The van der Waals surface area contributed by atoms with Crippen LogP contribution in [0.5, 0.6) is 0 Å². The van der Waals surface area contributed by atoms with Crippen molar-refractivity contribution < 1.29 is 80.2 Å². The number of allylic oxidation sites excluding steroid dienone is 26. The lowest BCUT2D eigenvalue weighted by Gasteiger charge is -2.21. The number of esters is 4. The molecule has 0 bridgehead atoms. The average molecular weight is 1410 g/mol. The number of aliphatic hydroxyl groups is 1. The highest BCUT2D eigenvalue weighted by Crippen LogP contribution is 2.45. The van der Waals surface area contributed by atoms with Crippen molar-refractivity contribution in [3.8, 4) is 0 Å². The molecule has 5 unspecified atom stereocenters. The Morgan fingerprint density at radius 2 is 0.602 bits per heavy atom. The van der Waals surface area contributed by atoms with Crippen molar-refractivity contribution in [3.63, 3.8) is 0 Å². The van der Waals surface area contributed by atoms with Gasteiger partial charge in [0.1, 0.15) is 19.3 Å². The minimum Gasteiger partial charge on any atom is -0.462 e. The molecule has 0 saturated carbocycles. The van der Waals surface area contributed by atoms with E-state index in [1.807, 2.05) is 24.3 Å². The molecule has 0 aliphatic rings. The molecule has 0 saturated heterocycles. The van der Waals surface area contributed by atoms with Crippen LogP contribution in [0.15, 0.2) is 170 Å². The summed E-state index contributed by atoms with van der Waals surface area (Å²) in [6, 6.07) is 0. The molecule has 0 amide bonds. The normalized spacial score (nSPS) is 15.0. The standard InChI is InChI=1S/C79H126O17P2/c1-5-9-13-17-21-25-29-33-36-40-43-47-51-55-59-63-76(81)89-69-74(95-78(83)65-61-57-53-49-45-39-32-28-24-20-16-12-8-4)71-93-97(85,86)91-67-73(80)68-92-98(87,88)94-72-75(96-79(84)66-62-58-54-50-46-42-38-35-31-27-23-19-15-11-7-3)70-90-77(82)64-60-56-52-48-44-41-37-34-30-26-22-18-14-10-6-2/h10-11,14-16,20-23,25-28,32-38,44,46,48,50,56,58,60,62,73-75,80H,5-9,12-13,17-19,24,29-31,39-43,45,47,49,51-55,57,59,61,63-72H2,1-4H3,(H,85,86)(H,87,88)/b14-10-,15-11-,20-16-,25-21-,26-22-,27-23-,32-28-,36-33-,37-34-,38-35-,48-44-,50-46-,60-56-,62-58-.